The number of amides is 1. The molecule has 0 aliphatic carbocycles. The number of anilines is 1. The summed E-state index contributed by atoms with van der Waals surface area (Å²) in [6.45, 7) is 4.06. The number of carbonyl (C=O) groups is 1. The van der Waals surface area contributed by atoms with Gasteiger partial charge in [0.15, 0.2) is 10.7 Å². The lowest BCUT2D eigenvalue weighted by atomic mass is 10.1. The fourth-order valence-corrected chi connectivity index (χ4v) is 3.34. The molecule has 2 N–H and O–H groups in total. The fourth-order valence-electron chi connectivity index (χ4n) is 3.13. The van der Waals surface area contributed by atoms with Crippen molar-refractivity contribution in [1.82, 2.24) is 10.3 Å². The number of hydrogen-bond acceptors (Lipinski definition) is 4. The van der Waals surface area contributed by atoms with E-state index < -0.39 is 0 Å². The van der Waals surface area contributed by atoms with Crippen LogP contribution in [0.15, 0.2) is 71.1 Å². The van der Waals surface area contributed by atoms with E-state index in [1.807, 2.05) is 55.5 Å². The van der Waals surface area contributed by atoms with Gasteiger partial charge >= 0.3 is 0 Å². The Morgan fingerprint density at radius 2 is 1.87 bits per heavy atom. The van der Waals surface area contributed by atoms with Crippen molar-refractivity contribution in [1.29, 1.82) is 0 Å². The van der Waals surface area contributed by atoms with Gasteiger partial charge in [0.25, 0.3) is 5.91 Å². The van der Waals surface area contributed by atoms with E-state index in [1.54, 1.807) is 6.07 Å². The third-order valence-corrected chi connectivity index (χ3v) is 4.97. The van der Waals surface area contributed by atoms with E-state index in [9.17, 15) is 4.79 Å². The molecular formula is C24H21N3O2S. The van der Waals surface area contributed by atoms with E-state index in [1.165, 1.54) is 5.56 Å². The molecule has 0 spiro atoms. The molecule has 150 valence electrons. The molecule has 0 radical (unpaired) electrons. The SMILES string of the molecule is CCc1ccc(-c2nc3ccc(NC(=S)NC(=O)c4cccc(C)c4)cc3o2)cc1. The van der Waals surface area contributed by atoms with Gasteiger partial charge in [-0.15, -0.1) is 0 Å². The maximum Gasteiger partial charge on any atom is 0.257 e. The summed E-state index contributed by atoms with van der Waals surface area (Å²) in [6, 6.07) is 21.0. The maximum absolute atomic E-state index is 12.3. The molecule has 6 heteroatoms. The van der Waals surface area contributed by atoms with Crippen LogP contribution in [0.1, 0.15) is 28.4 Å². The molecule has 5 nitrogen and oxygen atoms in total. The molecule has 0 fully saturated rings. The van der Waals surface area contributed by atoms with Crippen LogP contribution < -0.4 is 10.6 Å². The highest BCUT2D eigenvalue weighted by Gasteiger charge is 2.11. The van der Waals surface area contributed by atoms with Crippen molar-refractivity contribution in [2.24, 2.45) is 0 Å². The Morgan fingerprint density at radius 3 is 2.60 bits per heavy atom. The molecule has 0 unspecified atom stereocenters. The standard InChI is InChI=1S/C24H21N3O2S/c1-3-16-7-9-17(10-8-16)23-26-20-12-11-19(14-21(20)29-23)25-24(30)27-22(28)18-6-4-5-15(2)13-18/h4-14H,3H2,1-2H3,(H2,25,27,28,30). The van der Waals surface area contributed by atoms with E-state index in [0.29, 0.717) is 22.7 Å². The zero-order valence-corrected chi connectivity index (χ0v) is 17.5. The zero-order chi connectivity index (χ0) is 21.1. The smallest absolute Gasteiger partial charge is 0.257 e. The van der Waals surface area contributed by atoms with Gasteiger partial charge in [-0.2, -0.15) is 0 Å². The van der Waals surface area contributed by atoms with E-state index in [2.05, 4.69) is 34.7 Å². The Labute approximate surface area is 180 Å². The summed E-state index contributed by atoms with van der Waals surface area (Å²) in [6.07, 6.45) is 0.989. The lowest BCUT2D eigenvalue weighted by Gasteiger charge is -2.09. The number of hydrogen-bond donors (Lipinski definition) is 2. The lowest BCUT2D eigenvalue weighted by Crippen LogP contribution is -2.34. The number of aryl methyl sites for hydroxylation is 2. The van der Waals surface area contributed by atoms with E-state index in [4.69, 9.17) is 16.6 Å². The van der Waals surface area contributed by atoms with Gasteiger partial charge in [-0.05, 0) is 67.5 Å². The molecule has 0 saturated carbocycles. The Bertz CT molecular complexity index is 1230. The first-order valence-electron chi connectivity index (χ1n) is 9.71. The first kappa shape index (κ1) is 19.8. The van der Waals surface area contributed by atoms with Crippen LogP contribution in [0.5, 0.6) is 0 Å². The van der Waals surface area contributed by atoms with Gasteiger partial charge in [-0.1, -0.05) is 36.8 Å². The second kappa shape index (κ2) is 8.47. The largest absolute Gasteiger partial charge is 0.436 e. The highest BCUT2D eigenvalue weighted by Crippen LogP contribution is 2.26. The minimum atomic E-state index is -0.255. The Balaban J connectivity index is 1.47. The van der Waals surface area contributed by atoms with Crippen LogP contribution in [0, 0.1) is 6.92 Å². The fraction of sp³-hybridized carbons (Fsp3) is 0.125. The molecular weight excluding hydrogens is 394 g/mol. The summed E-state index contributed by atoms with van der Waals surface area (Å²) in [5.74, 6) is 0.315. The molecule has 4 aromatic rings. The average molecular weight is 416 g/mol. The van der Waals surface area contributed by atoms with Crippen LogP contribution in [0.25, 0.3) is 22.6 Å². The second-order valence-electron chi connectivity index (χ2n) is 7.03. The minimum Gasteiger partial charge on any atom is -0.436 e. The third kappa shape index (κ3) is 4.39. The summed E-state index contributed by atoms with van der Waals surface area (Å²) >= 11 is 5.28. The predicted octanol–water partition coefficient (Wildman–Crippen LogP) is 5.49. The molecule has 0 saturated heterocycles. The molecule has 0 bridgehead atoms. The number of oxazole rings is 1. The van der Waals surface area contributed by atoms with Gasteiger partial charge in [0, 0.05) is 22.9 Å². The molecule has 4 rings (SSSR count). The van der Waals surface area contributed by atoms with Gasteiger partial charge in [-0.3, -0.25) is 10.1 Å². The summed E-state index contributed by atoms with van der Waals surface area (Å²) in [5, 5.41) is 5.94. The summed E-state index contributed by atoms with van der Waals surface area (Å²) in [4.78, 5) is 16.9. The van der Waals surface area contributed by atoms with E-state index in [0.717, 1.165) is 23.1 Å². The number of nitrogens with zero attached hydrogens (tertiary/aromatic N) is 1. The maximum atomic E-state index is 12.3. The number of carbonyl (C=O) groups excluding carboxylic acids is 1. The predicted molar refractivity (Wildman–Crippen MR) is 124 cm³/mol. The van der Waals surface area contributed by atoms with Crippen LogP contribution in [0.4, 0.5) is 5.69 Å². The molecule has 0 aliphatic rings. The molecule has 0 atom stereocenters. The highest BCUT2D eigenvalue weighted by atomic mass is 32.1. The number of benzene rings is 3. The molecule has 1 aromatic heterocycles. The number of rotatable bonds is 4. The highest BCUT2D eigenvalue weighted by molar-refractivity contribution is 7.80. The van der Waals surface area contributed by atoms with Crippen molar-refractivity contribution in [3.8, 4) is 11.5 Å². The van der Waals surface area contributed by atoms with Crippen LogP contribution in [-0.2, 0) is 6.42 Å². The molecule has 0 aliphatic heterocycles. The van der Waals surface area contributed by atoms with Crippen molar-refractivity contribution in [3.63, 3.8) is 0 Å². The number of fused-ring (bicyclic) bond motifs is 1. The number of nitrogens with one attached hydrogen (secondary N) is 2. The molecule has 1 amide bonds. The first-order chi connectivity index (χ1) is 14.5. The van der Waals surface area contributed by atoms with E-state index in [-0.39, 0.29) is 11.0 Å². The van der Waals surface area contributed by atoms with Crippen LogP contribution in [0.2, 0.25) is 0 Å². The third-order valence-electron chi connectivity index (χ3n) is 4.76. The van der Waals surface area contributed by atoms with Crippen LogP contribution >= 0.6 is 12.2 Å². The summed E-state index contributed by atoms with van der Waals surface area (Å²) in [5.41, 5.74) is 5.87. The normalized spacial score (nSPS) is 10.7. The van der Waals surface area contributed by atoms with Crippen molar-refractivity contribution in [3.05, 3.63) is 83.4 Å². The quantitative estimate of drug-likeness (QED) is 0.431. The van der Waals surface area contributed by atoms with Crippen molar-refractivity contribution >= 4 is 40.0 Å². The van der Waals surface area contributed by atoms with Crippen molar-refractivity contribution < 1.29 is 9.21 Å². The summed E-state index contributed by atoms with van der Waals surface area (Å²) in [7, 11) is 0. The van der Waals surface area contributed by atoms with E-state index >= 15 is 0 Å². The zero-order valence-electron chi connectivity index (χ0n) is 16.7. The molecule has 3 aromatic carbocycles. The minimum absolute atomic E-state index is 0.218. The Hall–Kier alpha value is -3.51. The average Bonchev–Trinajstić information content (AvgIpc) is 3.17. The molecule has 1 heterocycles. The van der Waals surface area contributed by atoms with Crippen molar-refractivity contribution in [2.45, 2.75) is 20.3 Å². The molecule has 30 heavy (non-hydrogen) atoms. The summed E-state index contributed by atoms with van der Waals surface area (Å²) < 4.78 is 5.93. The first-order valence-corrected chi connectivity index (χ1v) is 10.1. The van der Waals surface area contributed by atoms with Crippen molar-refractivity contribution in [2.75, 3.05) is 5.32 Å². The van der Waals surface area contributed by atoms with Gasteiger partial charge in [-0.25, -0.2) is 4.98 Å². The van der Waals surface area contributed by atoms with Gasteiger partial charge < -0.3 is 9.73 Å². The Kier molecular flexibility index (Phi) is 5.59. The van der Waals surface area contributed by atoms with Gasteiger partial charge in [0.1, 0.15) is 5.52 Å². The van der Waals surface area contributed by atoms with Gasteiger partial charge in [0.05, 0.1) is 0 Å². The van der Waals surface area contributed by atoms with Crippen LogP contribution in [-0.4, -0.2) is 16.0 Å². The second-order valence-corrected chi connectivity index (χ2v) is 7.44. The monoisotopic (exact) mass is 415 g/mol. The number of thiocarbonyl (C=S) groups is 1. The van der Waals surface area contributed by atoms with Gasteiger partial charge in [0.2, 0.25) is 5.89 Å². The van der Waals surface area contributed by atoms with Crippen LogP contribution in [0.3, 0.4) is 0 Å². The lowest BCUT2D eigenvalue weighted by molar-refractivity contribution is 0.0977. The topological polar surface area (TPSA) is 67.2 Å². The number of aromatic nitrogens is 1. The Morgan fingerprint density at radius 1 is 1.07 bits per heavy atom.